The summed E-state index contributed by atoms with van der Waals surface area (Å²) in [6.45, 7) is 15.5. The lowest BCUT2D eigenvalue weighted by Gasteiger charge is -2.17. The van der Waals surface area contributed by atoms with E-state index in [9.17, 15) is 29.1 Å². The lowest BCUT2D eigenvalue weighted by Crippen LogP contribution is -2.24. The van der Waals surface area contributed by atoms with Gasteiger partial charge in [-0.15, -0.1) is 5.11 Å². The fourth-order valence-electron chi connectivity index (χ4n) is 6.39. The Balaban J connectivity index is 1.43. The highest BCUT2D eigenvalue weighted by atomic mass is 16.3. The number of aliphatic hydroxyl groups excluding tert-OH is 1. The number of anilines is 3. The number of ketones is 2. The summed E-state index contributed by atoms with van der Waals surface area (Å²) in [5, 5.41) is 26.5. The van der Waals surface area contributed by atoms with E-state index in [-0.39, 0.29) is 40.9 Å². The lowest BCUT2D eigenvalue weighted by atomic mass is 9.98. The minimum Gasteiger partial charge on any atom is -0.510 e. The molecule has 298 valence electrons. The van der Waals surface area contributed by atoms with Gasteiger partial charge in [-0.25, -0.2) is 0 Å². The summed E-state index contributed by atoms with van der Waals surface area (Å²) < 4.78 is 0. The summed E-state index contributed by atoms with van der Waals surface area (Å²) in [5.41, 5.74) is 3.26. The summed E-state index contributed by atoms with van der Waals surface area (Å²) in [6.07, 6.45) is 4.17. The minimum absolute atomic E-state index is 0.0769. The molecule has 3 aromatic rings. The van der Waals surface area contributed by atoms with Crippen LogP contribution in [0.3, 0.4) is 0 Å². The van der Waals surface area contributed by atoms with Crippen molar-refractivity contribution in [3.05, 3.63) is 94.4 Å². The van der Waals surface area contributed by atoms with Crippen LogP contribution in [0, 0.1) is 0 Å². The molecule has 0 atom stereocenters. The van der Waals surface area contributed by atoms with Crippen molar-refractivity contribution in [2.24, 2.45) is 10.2 Å². The normalized spacial score (nSPS) is 12.8. The van der Waals surface area contributed by atoms with Gasteiger partial charge in [0, 0.05) is 46.6 Å². The highest BCUT2D eigenvalue weighted by Gasteiger charge is 2.20. The van der Waals surface area contributed by atoms with E-state index in [1.54, 1.807) is 36.4 Å². The molecule has 0 aromatic heterocycles. The van der Waals surface area contributed by atoms with Crippen LogP contribution in [0.1, 0.15) is 110 Å². The number of amides is 3. The summed E-state index contributed by atoms with van der Waals surface area (Å²) in [7, 11) is 0. The SMILES string of the molecule is CCN(CC)CCCCC(=O)c1cc(NC(=O)c2ccc(N=NC(C(=O)Nc3ccc4c(c3)NC(=O)C4)=C(C)O)cc2)cc(C(=O)CCCCN(CC)CC)c1. The molecule has 0 radical (unpaired) electrons. The number of fused-ring (bicyclic) bond motifs is 1. The maximum atomic E-state index is 13.4. The van der Waals surface area contributed by atoms with E-state index in [2.05, 4.69) is 63.7 Å². The number of unbranched alkanes of at least 4 members (excludes halogenated alkanes) is 2. The number of azo groups is 1. The predicted octanol–water partition coefficient (Wildman–Crippen LogP) is 8.34. The van der Waals surface area contributed by atoms with E-state index in [1.807, 2.05) is 0 Å². The van der Waals surface area contributed by atoms with Crippen molar-refractivity contribution >= 4 is 52.0 Å². The van der Waals surface area contributed by atoms with Gasteiger partial charge in [0.2, 0.25) is 5.91 Å². The second kappa shape index (κ2) is 21.5. The van der Waals surface area contributed by atoms with E-state index < -0.39 is 11.8 Å². The number of rotatable bonds is 22. The summed E-state index contributed by atoms with van der Waals surface area (Å²) in [4.78, 5) is 69.4. The molecule has 0 unspecified atom stereocenters. The average Bonchev–Trinajstić information content (AvgIpc) is 3.57. The fourth-order valence-corrected chi connectivity index (χ4v) is 6.39. The molecule has 13 nitrogen and oxygen atoms in total. The number of nitrogens with one attached hydrogen (secondary N) is 3. The monoisotopic (exact) mass is 765 g/mol. The molecule has 1 aliphatic heterocycles. The van der Waals surface area contributed by atoms with E-state index in [1.165, 1.54) is 31.2 Å². The van der Waals surface area contributed by atoms with Crippen molar-refractivity contribution in [2.45, 2.75) is 79.6 Å². The maximum Gasteiger partial charge on any atom is 0.279 e. The number of benzene rings is 3. The largest absolute Gasteiger partial charge is 0.510 e. The van der Waals surface area contributed by atoms with Crippen LogP contribution in [-0.4, -0.2) is 83.5 Å². The van der Waals surface area contributed by atoms with Gasteiger partial charge in [-0.05, 0) is 132 Å². The number of nitrogens with zero attached hydrogens (tertiary/aromatic N) is 4. The molecule has 56 heavy (non-hydrogen) atoms. The van der Waals surface area contributed by atoms with Gasteiger partial charge in [-0.1, -0.05) is 33.8 Å². The molecule has 4 N–H and O–H groups in total. The molecule has 0 spiro atoms. The molecular formula is C43H55N7O6. The van der Waals surface area contributed by atoms with Crippen LogP contribution in [0.5, 0.6) is 0 Å². The van der Waals surface area contributed by atoms with Gasteiger partial charge in [0.15, 0.2) is 17.3 Å². The van der Waals surface area contributed by atoms with Crippen LogP contribution in [0.2, 0.25) is 0 Å². The van der Waals surface area contributed by atoms with Crippen LogP contribution >= 0.6 is 0 Å². The first-order valence-corrected chi connectivity index (χ1v) is 19.6. The Morgan fingerprint density at radius 1 is 0.714 bits per heavy atom. The number of aliphatic hydroxyl groups is 1. The molecule has 1 aliphatic rings. The van der Waals surface area contributed by atoms with E-state index >= 15 is 0 Å². The van der Waals surface area contributed by atoms with Crippen molar-refractivity contribution in [2.75, 3.05) is 55.2 Å². The Bertz CT molecular complexity index is 1880. The molecule has 0 saturated heterocycles. The van der Waals surface area contributed by atoms with Crippen LogP contribution in [-0.2, 0) is 16.0 Å². The van der Waals surface area contributed by atoms with Gasteiger partial charge < -0.3 is 30.9 Å². The van der Waals surface area contributed by atoms with Gasteiger partial charge in [-0.3, -0.25) is 24.0 Å². The zero-order valence-corrected chi connectivity index (χ0v) is 33.2. The molecule has 13 heteroatoms. The van der Waals surface area contributed by atoms with Gasteiger partial charge in [0.1, 0.15) is 5.76 Å². The Labute approximate surface area is 329 Å². The second-order valence-corrected chi connectivity index (χ2v) is 13.8. The van der Waals surface area contributed by atoms with E-state index in [0.29, 0.717) is 46.7 Å². The zero-order chi connectivity index (χ0) is 40.6. The third-order valence-corrected chi connectivity index (χ3v) is 9.83. The van der Waals surface area contributed by atoms with Crippen molar-refractivity contribution in [3.8, 4) is 0 Å². The number of Topliss-reactive ketones (excluding diaryl/α,β-unsaturated/α-hetero) is 2. The molecular weight excluding hydrogens is 711 g/mol. The van der Waals surface area contributed by atoms with E-state index in [4.69, 9.17) is 0 Å². The summed E-state index contributed by atoms with van der Waals surface area (Å²) >= 11 is 0. The third-order valence-electron chi connectivity index (χ3n) is 9.83. The van der Waals surface area contributed by atoms with Gasteiger partial charge in [0.25, 0.3) is 11.8 Å². The molecule has 0 bridgehead atoms. The van der Waals surface area contributed by atoms with E-state index in [0.717, 1.165) is 70.5 Å². The van der Waals surface area contributed by atoms with Gasteiger partial charge in [0.05, 0.1) is 12.1 Å². The average molecular weight is 766 g/mol. The Kier molecular flexibility index (Phi) is 16.6. The number of hydrogen-bond acceptors (Lipinski definition) is 10. The minimum atomic E-state index is -0.702. The topological polar surface area (TPSA) is 173 Å². The molecule has 3 aromatic carbocycles. The first-order valence-electron chi connectivity index (χ1n) is 19.6. The van der Waals surface area contributed by atoms with Crippen molar-refractivity contribution in [1.82, 2.24) is 9.80 Å². The number of carbonyl (C=O) groups excluding carboxylic acids is 5. The molecule has 0 aliphatic carbocycles. The zero-order valence-electron chi connectivity index (χ0n) is 33.2. The fraction of sp³-hybridized carbons (Fsp3) is 0.419. The quantitative estimate of drug-likeness (QED) is 0.0260. The Morgan fingerprint density at radius 3 is 1.82 bits per heavy atom. The Hall–Kier alpha value is -5.53. The predicted molar refractivity (Wildman–Crippen MR) is 220 cm³/mol. The summed E-state index contributed by atoms with van der Waals surface area (Å²) in [6, 6.07) is 16.1. The number of hydrogen-bond donors (Lipinski definition) is 4. The smallest absolute Gasteiger partial charge is 0.279 e. The van der Waals surface area contributed by atoms with Crippen LogP contribution < -0.4 is 16.0 Å². The molecule has 3 amide bonds. The van der Waals surface area contributed by atoms with Crippen LogP contribution in [0.25, 0.3) is 0 Å². The first-order chi connectivity index (χ1) is 26.9. The Morgan fingerprint density at radius 2 is 1.29 bits per heavy atom. The third kappa shape index (κ3) is 12.8. The summed E-state index contributed by atoms with van der Waals surface area (Å²) in [5.74, 6) is -1.79. The molecule has 0 fully saturated rings. The highest BCUT2D eigenvalue weighted by Crippen LogP contribution is 2.27. The highest BCUT2D eigenvalue weighted by molar-refractivity contribution is 6.08. The molecule has 4 rings (SSSR count). The first kappa shape index (κ1) is 43.2. The number of allylic oxidation sites excluding steroid dienone is 1. The standard InChI is InChI=1S/C43H55N7O6/c1-6-49(7-2)22-12-10-14-38(52)32-24-33(39(53)15-11-13-23-50(8-3)9-4)26-36(25-32)45-42(55)30-16-19-34(20-17-30)47-48-41(29(5)51)43(56)44-35-21-18-31-27-40(54)46-37(31)28-35/h16-21,24-26,28,51H,6-15,22-23,27H2,1-5H3,(H,44,56)(H,45,55)(H,46,54). The van der Waals surface area contributed by atoms with Crippen molar-refractivity contribution < 1.29 is 29.1 Å². The van der Waals surface area contributed by atoms with Crippen molar-refractivity contribution in [1.29, 1.82) is 0 Å². The number of carbonyl (C=O) groups is 5. The van der Waals surface area contributed by atoms with Gasteiger partial charge >= 0.3 is 0 Å². The van der Waals surface area contributed by atoms with Crippen LogP contribution in [0.15, 0.2) is 82.3 Å². The van der Waals surface area contributed by atoms with Crippen LogP contribution in [0.4, 0.5) is 22.7 Å². The lowest BCUT2D eigenvalue weighted by molar-refractivity contribution is -0.115. The molecule has 1 heterocycles. The maximum absolute atomic E-state index is 13.4. The van der Waals surface area contributed by atoms with Crippen molar-refractivity contribution in [3.63, 3.8) is 0 Å². The molecule has 0 saturated carbocycles. The second-order valence-electron chi connectivity index (χ2n) is 13.8. The van der Waals surface area contributed by atoms with Gasteiger partial charge in [-0.2, -0.15) is 5.11 Å².